The van der Waals surface area contributed by atoms with Crippen LogP contribution >= 0.6 is 24.0 Å². The molecule has 10 heteroatoms. The van der Waals surface area contributed by atoms with Gasteiger partial charge in [-0.05, 0) is 36.8 Å². The van der Waals surface area contributed by atoms with Gasteiger partial charge in [-0.2, -0.15) is 13.2 Å². The fourth-order valence-electron chi connectivity index (χ4n) is 2.39. The molecule has 0 atom stereocenters. The normalized spacial score (nSPS) is 11.3. The smallest absolute Gasteiger partial charge is 0.422 e. The lowest BCUT2D eigenvalue weighted by Crippen LogP contribution is -2.30. The molecule has 2 N–H and O–H groups in total. The van der Waals surface area contributed by atoms with Gasteiger partial charge in [-0.25, -0.2) is 0 Å². The van der Waals surface area contributed by atoms with Crippen molar-refractivity contribution in [2.24, 2.45) is 4.99 Å². The average Bonchev–Trinajstić information content (AvgIpc) is 2.70. The molecule has 0 unspecified atom stereocenters. The summed E-state index contributed by atoms with van der Waals surface area (Å²) in [4.78, 5) is 4.16. The first-order valence-electron chi connectivity index (χ1n) is 8.91. The fraction of sp³-hybridized carbons (Fsp3) is 0.350. The number of alkyl halides is 3. The van der Waals surface area contributed by atoms with Gasteiger partial charge in [0.05, 0.1) is 13.7 Å². The van der Waals surface area contributed by atoms with E-state index in [1.54, 1.807) is 32.4 Å². The minimum Gasteiger partial charge on any atom is -0.493 e. The van der Waals surface area contributed by atoms with E-state index in [0.717, 1.165) is 11.3 Å². The zero-order chi connectivity index (χ0) is 21.3. The number of halogens is 4. The zero-order valence-electron chi connectivity index (χ0n) is 16.9. The highest BCUT2D eigenvalue weighted by Crippen LogP contribution is 2.30. The number of methoxy groups -OCH3 is 1. The largest absolute Gasteiger partial charge is 0.493 e. The Morgan fingerprint density at radius 3 is 2.30 bits per heavy atom. The van der Waals surface area contributed by atoms with Crippen molar-refractivity contribution in [1.29, 1.82) is 0 Å². The molecule has 0 aliphatic carbocycles. The lowest BCUT2D eigenvalue weighted by atomic mass is 10.2. The Kier molecular flexibility index (Phi) is 10.6. The summed E-state index contributed by atoms with van der Waals surface area (Å²) in [5.74, 6) is 1.93. The minimum absolute atomic E-state index is 0. The predicted octanol–water partition coefficient (Wildman–Crippen LogP) is 4.84. The Hall–Kier alpha value is -2.37. The average molecular weight is 539 g/mol. The van der Waals surface area contributed by atoms with Gasteiger partial charge in [0.2, 0.25) is 0 Å². The second-order valence-electron chi connectivity index (χ2n) is 5.90. The van der Waals surface area contributed by atoms with Gasteiger partial charge in [0.1, 0.15) is 5.75 Å². The zero-order valence-corrected chi connectivity index (χ0v) is 19.2. The maximum absolute atomic E-state index is 12.2. The molecule has 0 amide bonds. The van der Waals surface area contributed by atoms with Crippen molar-refractivity contribution in [3.8, 4) is 17.2 Å². The fourth-order valence-corrected chi connectivity index (χ4v) is 2.39. The van der Waals surface area contributed by atoms with E-state index in [4.69, 9.17) is 14.2 Å². The molecule has 30 heavy (non-hydrogen) atoms. The van der Waals surface area contributed by atoms with Gasteiger partial charge < -0.3 is 24.8 Å². The predicted molar refractivity (Wildman–Crippen MR) is 121 cm³/mol. The van der Waals surface area contributed by atoms with E-state index in [9.17, 15) is 13.2 Å². The van der Waals surface area contributed by atoms with Crippen LogP contribution in [0.15, 0.2) is 47.5 Å². The first-order valence-corrected chi connectivity index (χ1v) is 8.91. The Balaban J connectivity index is 0.00000450. The first-order chi connectivity index (χ1) is 13.8. The van der Waals surface area contributed by atoms with Crippen LogP contribution in [0.2, 0.25) is 0 Å². The highest BCUT2D eigenvalue weighted by atomic mass is 127. The van der Waals surface area contributed by atoms with Crippen molar-refractivity contribution in [2.45, 2.75) is 19.6 Å². The van der Waals surface area contributed by atoms with Gasteiger partial charge in [-0.1, -0.05) is 12.1 Å². The Bertz CT molecular complexity index is 815. The van der Waals surface area contributed by atoms with E-state index < -0.39 is 12.8 Å². The summed E-state index contributed by atoms with van der Waals surface area (Å²) in [6, 6.07) is 11.8. The Labute approximate surface area is 190 Å². The van der Waals surface area contributed by atoms with Gasteiger partial charge in [-0.15, -0.1) is 24.0 Å². The molecule has 0 heterocycles. The number of rotatable bonds is 8. The van der Waals surface area contributed by atoms with Gasteiger partial charge in [-0.3, -0.25) is 4.99 Å². The summed E-state index contributed by atoms with van der Waals surface area (Å²) < 4.78 is 52.1. The van der Waals surface area contributed by atoms with Gasteiger partial charge in [0, 0.05) is 25.3 Å². The molecule has 0 bridgehead atoms. The third kappa shape index (κ3) is 8.56. The van der Waals surface area contributed by atoms with Crippen LogP contribution in [0.3, 0.4) is 0 Å². The second-order valence-corrected chi connectivity index (χ2v) is 5.90. The van der Waals surface area contributed by atoms with Crippen molar-refractivity contribution in [2.75, 3.05) is 32.7 Å². The summed E-state index contributed by atoms with van der Waals surface area (Å²) in [7, 11) is 3.21. The number of anilines is 1. The number of benzene rings is 2. The molecule has 0 radical (unpaired) electrons. The number of nitrogens with zero attached hydrogens (tertiary/aromatic N) is 1. The van der Waals surface area contributed by atoms with Crippen LogP contribution in [-0.4, -0.2) is 39.5 Å². The maximum Gasteiger partial charge on any atom is 0.422 e. The van der Waals surface area contributed by atoms with Crippen molar-refractivity contribution in [1.82, 2.24) is 5.32 Å². The summed E-state index contributed by atoms with van der Waals surface area (Å²) in [6.45, 7) is 1.51. The van der Waals surface area contributed by atoms with Crippen LogP contribution in [0.4, 0.5) is 18.9 Å². The standard InChI is InChI=1S/C20H24F3N3O3.HI/c1-4-28-18-11-15(7-10-17(18)27-3)26-19(24-2)25-12-14-5-8-16(9-6-14)29-13-20(21,22)23;/h5-11H,4,12-13H2,1-3H3,(H2,24,25,26);1H. The molecule has 0 aliphatic heterocycles. The van der Waals surface area contributed by atoms with E-state index in [0.29, 0.717) is 30.6 Å². The van der Waals surface area contributed by atoms with E-state index in [1.165, 1.54) is 12.1 Å². The number of hydrogen-bond acceptors (Lipinski definition) is 4. The number of guanidine groups is 1. The lowest BCUT2D eigenvalue weighted by Gasteiger charge is -2.15. The molecular weight excluding hydrogens is 514 g/mol. The molecule has 0 spiro atoms. The maximum atomic E-state index is 12.2. The SMILES string of the molecule is CCOc1cc(NC(=NC)NCc2ccc(OCC(F)(F)F)cc2)ccc1OC.I. The second kappa shape index (κ2) is 12.4. The summed E-state index contributed by atoms with van der Waals surface area (Å²) in [5, 5.41) is 6.29. The summed E-state index contributed by atoms with van der Waals surface area (Å²) in [6.07, 6.45) is -4.36. The van der Waals surface area contributed by atoms with E-state index in [1.807, 2.05) is 19.1 Å². The molecule has 0 saturated heterocycles. The van der Waals surface area contributed by atoms with Crippen molar-refractivity contribution in [3.63, 3.8) is 0 Å². The minimum atomic E-state index is -4.36. The number of ether oxygens (including phenoxy) is 3. The van der Waals surface area contributed by atoms with Gasteiger partial charge >= 0.3 is 6.18 Å². The molecule has 0 aromatic heterocycles. The van der Waals surface area contributed by atoms with E-state index in [2.05, 4.69) is 15.6 Å². The van der Waals surface area contributed by atoms with Crippen molar-refractivity contribution < 1.29 is 27.4 Å². The van der Waals surface area contributed by atoms with Crippen LogP contribution in [0.5, 0.6) is 17.2 Å². The molecule has 6 nitrogen and oxygen atoms in total. The molecule has 2 aromatic rings. The van der Waals surface area contributed by atoms with Crippen LogP contribution < -0.4 is 24.8 Å². The molecular formula is C20H25F3IN3O3. The number of hydrogen-bond donors (Lipinski definition) is 2. The van der Waals surface area contributed by atoms with Crippen LogP contribution in [0.1, 0.15) is 12.5 Å². The van der Waals surface area contributed by atoms with Crippen molar-refractivity contribution >= 4 is 35.6 Å². The van der Waals surface area contributed by atoms with Gasteiger partial charge in [0.15, 0.2) is 24.1 Å². The summed E-state index contributed by atoms with van der Waals surface area (Å²) >= 11 is 0. The van der Waals surface area contributed by atoms with Crippen LogP contribution in [-0.2, 0) is 6.54 Å². The topological polar surface area (TPSA) is 64.1 Å². The van der Waals surface area contributed by atoms with Gasteiger partial charge in [0.25, 0.3) is 0 Å². The van der Waals surface area contributed by atoms with E-state index in [-0.39, 0.29) is 29.7 Å². The molecule has 0 saturated carbocycles. The quantitative estimate of drug-likeness (QED) is 0.286. The molecule has 2 aromatic carbocycles. The Morgan fingerprint density at radius 2 is 1.73 bits per heavy atom. The number of aliphatic imine (C=N–C) groups is 1. The van der Waals surface area contributed by atoms with Crippen LogP contribution in [0, 0.1) is 0 Å². The highest BCUT2D eigenvalue weighted by molar-refractivity contribution is 14.0. The highest BCUT2D eigenvalue weighted by Gasteiger charge is 2.28. The number of nitrogens with one attached hydrogen (secondary N) is 2. The Morgan fingerprint density at radius 1 is 1.03 bits per heavy atom. The molecule has 166 valence electrons. The van der Waals surface area contributed by atoms with E-state index >= 15 is 0 Å². The third-order valence-corrected chi connectivity index (χ3v) is 3.74. The summed E-state index contributed by atoms with van der Waals surface area (Å²) in [5.41, 5.74) is 1.62. The third-order valence-electron chi connectivity index (χ3n) is 3.74. The molecule has 2 rings (SSSR count). The van der Waals surface area contributed by atoms with Crippen LogP contribution in [0.25, 0.3) is 0 Å². The molecule has 0 aliphatic rings. The lowest BCUT2D eigenvalue weighted by molar-refractivity contribution is -0.153. The van der Waals surface area contributed by atoms with Crippen molar-refractivity contribution in [3.05, 3.63) is 48.0 Å². The first kappa shape index (κ1) is 25.7. The monoisotopic (exact) mass is 539 g/mol. The molecule has 0 fully saturated rings.